The fourth-order valence-electron chi connectivity index (χ4n) is 1.73. The average molecular weight is 181 g/mol. The first-order valence-electron chi connectivity index (χ1n) is 5.11. The standard InChI is InChI=1S/C11H19NO/c1-2-3-9-13-11-8-6-4-5-7-10(11)12/h10-11H,4-9,12H2,1H3. The van der Waals surface area contributed by atoms with Gasteiger partial charge in [-0.15, -0.1) is 5.92 Å². The van der Waals surface area contributed by atoms with E-state index in [0.717, 1.165) is 12.8 Å². The summed E-state index contributed by atoms with van der Waals surface area (Å²) < 4.78 is 5.62. The minimum Gasteiger partial charge on any atom is -0.364 e. The van der Waals surface area contributed by atoms with Crippen molar-refractivity contribution in [2.45, 2.75) is 51.2 Å². The topological polar surface area (TPSA) is 35.2 Å². The third-order valence-corrected chi connectivity index (χ3v) is 2.55. The Balaban J connectivity index is 2.30. The molecule has 0 bridgehead atoms. The van der Waals surface area contributed by atoms with Crippen molar-refractivity contribution in [1.29, 1.82) is 0 Å². The Morgan fingerprint density at radius 1 is 1.31 bits per heavy atom. The second-order valence-electron chi connectivity index (χ2n) is 3.58. The Hall–Kier alpha value is -0.520. The molecular formula is C11H19NO. The molecule has 1 rings (SSSR count). The second-order valence-corrected chi connectivity index (χ2v) is 3.58. The van der Waals surface area contributed by atoms with Crippen LogP contribution in [0.1, 0.15) is 39.0 Å². The van der Waals surface area contributed by atoms with Gasteiger partial charge in [-0.2, -0.15) is 0 Å². The quantitative estimate of drug-likeness (QED) is 0.519. The Labute approximate surface area is 80.8 Å². The van der Waals surface area contributed by atoms with Crippen LogP contribution in [0.25, 0.3) is 0 Å². The highest BCUT2D eigenvalue weighted by Crippen LogP contribution is 2.18. The van der Waals surface area contributed by atoms with Gasteiger partial charge in [0.25, 0.3) is 0 Å². The van der Waals surface area contributed by atoms with Crippen molar-refractivity contribution in [3.8, 4) is 11.8 Å². The van der Waals surface area contributed by atoms with Crippen LogP contribution in [0.5, 0.6) is 0 Å². The van der Waals surface area contributed by atoms with Crippen LogP contribution in [0.4, 0.5) is 0 Å². The van der Waals surface area contributed by atoms with Crippen LogP contribution in [0, 0.1) is 11.8 Å². The minimum atomic E-state index is 0.223. The zero-order chi connectivity index (χ0) is 9.52. The Kier molecular flexibility index (Phi) is 4.88. The van der Waals surface area contributed by atoms with Gasteiger partial charge in [0.15, 0.2) is 0 Å². The maximum Gasteiger partial charge on any atom is 0.108 e. The zero-order valence-electron chi connectivity index (χ0n) is 8.38. The summed E-state index contributed by atoms with van der Waals surface area (Å²) in [5.74, 6) is 5.73. The van der Waals surface area contributed by atoms with E-state index < -0.39 is 0 Å². The van der Waals surface area contributed by atoms with E-state index in [2.05, 4.69) is 11.8 Å². The lowest BCUT2D eigenvalue weighted by atomic mass is 10.1. The molecule has 0 spiro atoms. The van der Waals surface area contributed by atoms with Gasteiger partial charge in [0.1, 0.15) is 6.61 Å². The molecule has 0 aliphatic heterocycles. The van der Waals surface area contributed by atoms with Crippen molar-refractivity contribution in [2.75, 3.05) is 6.61 Å². The predicted molar refractivity (Wildman–Crippen MR) is 54.3 cm³/mol. The maximum absolute atomic E-state index is 5.99. The first-order chi connectivity index (χ1) is 6.34. The molecule has 0 aromatic rings. The number of hydrogen-bond donors (Lipinski definition) is 1. The predicted octanol–water partition coefficient (Wildman–Crippen LogP) is 1.69. The Bertz CT molecular complexity index is 192. The van der Waals surface area contributed by atoms with Gasteiger partial charge in [-0.05, 0) is 19.8 Å². The summed E-state index contributed by atoms with van der Waals surface area (Å²) in [6.07, 6.45) is 6.24. The molecule has 2 nitrogen and oxygen atoms in total. The summed E-state index contributed by atoms with van der Waals surface area (Å²) in [6, 6.07) is 0.223. The van der Waals surface area contributed by atoms with Crippen LogP contribution in [-0.4, -0.2) is 18.8 Å². The van der Waals surface area contributed by atoms with Crippen molar-refractivity contribution >= 4 is 0 Å². The lowest BCUT2D eigenvalue weighted by Crippen LogP contribution is -2.35. The highest BCUT2D eigenvalue weighted by molar-refractivity contribution is 4.95. The summed E-state index contributed by atoms with van der Waals surface area (Å²) >= 11 is 0. The van der Waals surface area contributed by atoms with Gasteiger partial charge in [0, 0.05) is 6.04 Å². The summed E-state index contributed by atoms with van der Waals surface area (Å²) in [6.45, 7) is 2.37. The third-order valence-electron chi connectivity index (χ3n) is 2.55. The molecule has 0 heterocycles. The Morgan fingerprint density at radius 3 is 2.85 bits per heavy atom. The van der Waals surface area contributed by atoms with Crippen molar-refractivity contribution in [3.63, 3.8) is 0 Å². The van der Waals surface area contributed by atoms with Crippen LogP contribution in [0.2, 0.25) is 0 Å². The van der Waals surface area contributed by atoms with Gasteiger partial charge in [-0.3, -0.25) is 0 Å². The lowest BCUT2D eigenvalue weighted by molar-refractivity contribution is 0.0531. The van der Waals surface area contributed by atoms with E-state index in [1.807, 2.05) is 6.92 Å². The number of hydrogen-bond acceptors (Lipinski definition) is 2. The Morgan fingerprint density at radius 2 is 2.08 bits per heavy atom. The smallest absolute Gasteiger partial charge is 0.108 e. The molecular weight excluding hydrogens is 162 g/mol. The van der Waals surface area contributed by atoms with E-state index in [-0.39, 0.29) is 12.1 Å². The van der Waals surface area contributed by atoms with E-state index >= 15 is 0 Å². The fraction of sp³-hybridized carbons (Fsp3) is 0.818. The molecule has 0 amide bonds. The van der Waals surface area contributed by atoms with Crippen LogP contribution in [-0.2, 0) is 4.74 Å². The van der Waals surface area contributed by atoms with Crippen molar-refractivity contribution < 1.29 is 4.74 Å². The number of ether oxygens (including phenoxy) is 1. The van der Waals surface area contributed by atoms with Crippen LogP contribution >= 0.6 is 0 Å². The summed E-state index contributed by atoms with van der Waals surface area (Å²) in [5, 5.41) is 0. The largest absolute Gasteiger partial charge is 0.364 e. The van der Waals surface area contributed by atoms with E-state index in [1.54, 1.807) is 0 Å². The van der Waals surface area contributed by atoms with Gasteiger partial charge in [-0.1, -0.05) is 25.2 Å². The van der Waals surface area contributed by atoms with Crippen LogP contribution < -0.4 is 5.73 Å². The number of rotatable bonds is 2. The van der Waals surface area contributed by atoms with E-state index in [0.29, 0.717) is 6.61 Å². The molecule has 1 aliphatic carbocycles. The van der Waals surface area contributed by atoms with Crippen molar-refractivity contribution in [2.24, 2.45) is 5.73 Å². The summed E-state index contributed by atoms with van der Waals surface area (Å²) in [5.41, 5.74) is 5.99. The molecule has 0 radical (unpaired) electrons. The van der Waals surface area contributed by atoms with E-state index in [1.165, 1.54) is 19.3 Å². The normalized spacial score (nSPS) is 28.8. The van der Waals surface area contributed by atoms with Crippen LogP contribution in [0.3, 0.4) is 0 Å². The summed E-state index contributed by atoms with van der Waals surface area (Å²) in [4.78, 5) is 0. The van der Waals surface area contributed by atoms with Crippen molar-refractivity contribution in [3.05, 3.63) is 0 Å². The zero-order valence-corrected chi connectivity index (χ0v) is 8.38. The van der Waals surface area contributed by atoms with Gasteiger partial charge >= 0.3 is 0 Å². The molecule has 2 atom stereocenters. The lowest BCUT2D eigenvalue weighted by Gasteiger charge is -2.20. The van der Waals surface area contributed by atoms with Gasteiger partial charge in [0.2, 0.25) is 0 Å². The second kappa shape index (κ2) is 6.01. The molecule has 13 heavy (non-hydrogen) atoms. The van der Waals surface area contributed by atoms with Gasteiger partial charge in [0.05, 0.1) is 6.10 Å². The van der Waals surface area contributed by atoms with Gasteiger partial charge < -0.3 is 10.5 Å². The number of nitrogens with two attached hydrogens (primary N) is 1. The molecule has 0 aromatic heterocycles. The van der Waals surface area contributed by atoms with Gasteiger partial charge in [-0.25, -0.2) is 0 Å². The first kappa shape index (κ1) is 10.6. The molecule has 0 saturated heterocycles. The SMILES string of the molecule is CC#CCOC1CCCCCC1N. The molecule has 1 aliphatic rings. The monoisotopic (exact) mass is 181 g/mol. The molecule has 1 fully saturated rings. The molecule has 2 unspecified atom stereocenters. The first-order valence-corrected chi connectivity index (χ1v) is 5.11. The average Bonchev–Trinajstić information content (AvgIpc) is 2.32. The van der Waals surface area contributed by atoms with E-state index in [4.69, 9.17) is 10.5 Å². The third kappa shape index (κ3) is 3.80. The van der Waals surface area contributed by atoms with Crippen LogP contribution in [0.15, 0.2) is 0 Å². The molecule has 2 heteroatoms. The maximum atomic E-state index is 5.99. The summed E-state index contributed by atoms with van der Waals surface area (Å²) in [7, 11) is 0. The molecule has 74 valence electrons. The highest BCUT2D eigenvalue weighted by Gasteiger charge is 2.20. The molecule has 2 N–H and O–H groups in total. The molecule has 1 saturated carbocycles. The van der Waals surface area contributed by atoms with E-state index in [9.17, 15) is 0 Å². The molecule has 0 aromatic carbocycles. The van der Waals surface area contributed by atoms with Crippen molar-refractivity contribution in [1.82, 2.24) is 0 Å². The fourth-order valence-corrected chi connectivity index (χ4v) is 1.73. The minimum absolute atomic E-state index is 0.223. The highest BCUT2D eigenvalue weighted by atomic mass is 16.5.